The highest BCUT2D eigenvalue weighted by Gasteiger charge is 2.31. The maximum absolute atomic E-state index is 13.3. The standard InChI is InChI=1S/C26H29F3N2O/c1-16-8-9-21(25(32)31-10-6-5-7-11-31)18(3)22(16)14-20-15-23-17(2)12-19(26(27,28)29)13-24(23)30(20)4/h8-9,12-13,15H,5-7,10-11,14H2,1-4H3. The number of likely N-dealkylation sites (tertiary alicyclic amines) is 1. The molecule has 0 aliphatic carbocycles. The molecule has 0 atom stereocenters. The third-order valence-corrected chi connectivity index (χ3v) is 6.86. The minimum absolute atomic E-state index is 0.0751. The molecule has 3 aromatic rings. The first-order valence-electron chi connectivity index (χ1n) is 11.1. The van der Waals surface area contributed by atoms with E-state index in [2.05, 4.69) is 0 Å². The van der Waals surface area contributed by atoms with Gasteiger partial charge in [-0.05, 0) is 86.6 Å². The van der Waals surface area contributed by atoms with E-state index in [1.54, 1.807) is 6.92 Å². The molecule has 0 spiro atoms. The zero-order valence-electron chi connectivity index (χ0n) is 19.1. The molecule has 1 fully saturated rings. The second kappa shape index (κ2) is 8.30. The highest BCUT2D eigenvalue weighted by atomic mass is 19.4. The fraction of sp³-hybridized carbons (Fsp3) is 0.423. The van der Waals surface area contributed by atoms with Crippen LogP contribution in [0.2, 0.25) is 0 Å². The van der Waals surface area contributed by atoms with Gasteiger partial charge in [-0.25, -0.2) is 0 Å². The van der Waals surface area contributed by atoms with Gasteiger partial charge in [0, 0.05) is 48.7 Å². The maximum Gasteiger partial charge on any atom is 0.416 e. The molecule has 0 radical (unpaired) electrons. The average Bonchev–Trinajstić information content (AvgIpc) is 3.07. The summed E-state index contributed by atoms with van der Waals surface area (Å²) in [7, 11) is 1.81. The monoisotopic (exact) mass is 442 g/mol. The average molecular weight is 443 g/mol. The number of hydrogen-bond donors (Lipinski definition) is 0. The van der Waals surface area contributed by atoms with Crippen LogP contribution in [0.4, 0.5) is 13.2 Å². The number of alkyl halides is 3. The number of aryl methyl sites for hydroxylation is 3. The SMILES string of the molecule is Cc1ccc(C(=O)N2CCCCC2)c(C)c1Cc1cc2c(C)cc(C(F)(F)F)cc2n1C. The normalized spacial score (nSPS) is 14.9. The van der Waals surface area contributed by atoms with Crippen molar-refractivity contribution in [2.24, 2.45) is 7.05 Å². The molecule has 0 bridgehead atoms. The fourth-order valence-electron chi connectivity index (χ4n) is 4.84. The summed E-state index contributed by atoms with van der Waals surface area (Å²) in [6.07, 6.45) is -0.569. The van der Waals surface area contributed by atoms with Gasteiger partial charge >= 0.3 is 6.18 Å². The van der Waals surface area contributed by atoms with Crippen LogP contribution in [0.25, 0.3) is 10.9 Å². The van der Waals surface area contributed by atoms with Crippen LogP contribution in [0, 0.1) is 20.8 Å². The van der Waals surface area contributed by atoms with E-state index in [4.69, 9.17) is 0 Å². The Morgan fingerprint density at radius 1 is 0.969 bits per heavy atom. The van der Waals surface area contributed by atoms with Crippen LogP contribution in [0.15, 0.2) is 30.3 Å². The van der Waals surface area contributed by atoms with Crippen LogP contribution in [-0.2, 0) is 19.6 Å². The first kappa shape index (κ1) is 22.4. The smallest absolute Gasteiger partial charge is 0.347 e. The quantitative estimate of drug-likeness (QED) is 0.465. The highest BCUT2D eigenvalue weighted by molar-refractivity contribution is 5.96. The second-order valence-corrected chi connectivity index (χ2v) is 8.98. The van der Waals surface area contributed by atoms with E-state index in [1.807, 2.05) is 48.6 Å². The molecular weight excluding hydrogens is 413 g/mol. The molecule has 32 heavy (non-hydrogen) atoms. The van der Waals surface area contributed by atoms with Crippen molar-refractivity contribution in [3.05, 3.63) is 69.4 Å². The fourth-order valence-corrected chi connectivity index (χ4v) is 4.84. The van der Waals surface area contributed by atoms with Gasteiger partial charge in [0.15, 0.2) is 0 Å². The lowest BCUT2D eigenvalue weighted by Gasteiger charge is -2.28. The van der Waals surface area contributed by atoms with Gasteiger partial charge in [-0.2, -0.15) is 13.2 Å². The lowest BCUT2D eigenvalue weighted by atomic mass is 9.93. The van der Waals surface area contributed by atoms with E-state index in [0.29, 0.717) is 17.5 Å². The molecule has 1 aliphatic rings. The molecule has 1 saturated heterocycles. The third-order valence-electron chi connectivity index (χ3n) is 6.86. The van der Waals surface area contributed by atoms with Crippen molar-refractivity contribution in [1.29, 1.82) is 0 Å². The molecule has 170 valence electrons. The summed E-state index contributed by atoms with van der Waals surface area (Å²) in [5.41, 5.74) is 5.30. The van der Waals surface area contributed by atoms with Gasteiger partial charge in [0.1, 0.15) is 0 Å². The Kier molecular flexibility index (Phi) is 5.82. The first-order valence-corrected chi connectivity index (χ1v) is 11.1. The lowest BCUT2D eigenvalue weighted by Crippen LogP contribution is -2.36. The molecule has 2 heterocycles. The molecule has 6 heteroatoms. The Hall–Kier alpha value is -2.76. The molecule has 3 nitrogen and oxygen atoms in total. The van der Waals surface area contributed by atoms with Crippen LogP contribution < -0.4 is 0 Å². The largest absolute Gasteiger partial charge is 0.416 e. The Bertz CT molecular complexity index is 1180. The molecule has 0 saturated carbocycles. The van der Waals surface area contributed by atoms with Crippen molar-refractivity contribution in [2.45, 2.75) is 52.6 Å². The molecule has 4 rings (SSSR count). The first-order chi connectivity index (χ1) is 15.1. The molecule has 1 amide bonds. The summed E-state index contributed by atoms with van der Waals surface area (Å²) in [6.45, 7) is 7.31. The number of halogens is 3. The number of benzene rings is 2. The van der Waals surface area contributed by atoms with E-state index in [-0.39, 0.29) is 5.91 Å². The zero-order chi connectivity index (χ0) is 23.2. The molecular formula is C26H29F3N2O. The molecule has 0 N–H and O–H groups in total. The maximum atomic E-state index is 13.3. The van der Waals surface area contributed by atoms with Gasteiger partial charge in [-0.15, -0.1) is 0 Å². The number of nitrogens with zero attached hydrogens (tertiary/aromatic N) is 2. The van der Waals surface area contributed by atoms with Gasteiger partial charge in [0.2, 0.25) is 0 Å². The number of fused-ring (bicyclic) bond motifs is 1. The van der Waals surface area contributed by atoms with E-state index in [9.17, 15) is 18.0 Å². The summed E-state index contributed by atoms with van der Waals surface area (Å²) >= 11 is 0. The van der Waals surface area contributed by atoms with E-state index >= 15 is 0 Å². The topological polar surface area (TPSA) is 25.2 Å². The van der Waals surface area contributed by atoms with Crippen LogP contribution in [-0.4, -0.2) is 28.5 Å². The lowest BCUT2D eigenvalue weighted by molar-refractivity contribution is -0.137. The minimum atomic E-state index is -4.38. The molecule has 1 aromatic heterocycles. The number of carbonyl (C=O) groups excluding carboxylic acids is 1. The number of aromatic nitrogens is 1. The predicted molar refractivity (Wildman–Crippen MR) is 121 cm³/mol. The summed E-state index contributed by atoms with van der Waals surface area (Å²) < 4.78 is 41.8. The van der Waals surface area contributed by atoms with Crippen LogP contribution in [0.5, 0.6) is 0 Å². The van der Waals surface area contributed by atoms with Crippen molar-refractivity contribution in [1.82, 2.24) is 9.47 Å². The van der Waals surface area contributed by atoms with Crippen molar-refractivity contribution in [3.8, 4) is 0 Å². The van der Waals surface area contributed by atoms with Crippen LogP contribution in [0.3, 0.4) is 0 Å². The van der Waals surface area contributed by atoms with Gasteiger partial charge in [0.05, 0.1) is 5.56 Å². The summed E-state index contributed by atoms with van der Waals surface area (Å²) in [5.74, 6) is 0.0751. The second-order valence-electron chi connectivity index (χ2n) is 8.98. The number of piperidine rings is 1. The number of carbonyl (C=O) groups is 1. The predicted octanol–water partition coefficient (Wildman–Crippen LogP) is 6.34. The molecule has 1 aliphatic heterocycles. The van der Waals surface area contributed by atoms with Crippen LogP contribution in [0.1, 0.15) is 63.1 Å². The van der Waals surface area contributed by atoms with Gasteiger partial charge < -0.3 is 9.47 Å². The summed E-state index contributed by atoms with van der Waals surface area (Å²) in [4.78, 5) is 15.1. The van der Waals surface area contributed by atoms with E-state index in [1.165, 1.54) is 18.6 Å². The van der Waals surface area contributed by atoms with Crippen molar-refractivity contribution < 1.29 is 18.0 Å². The van der Waals surface area contributed by atoms with Gasteiger partial charge in [0.25, 0.3) is 5.91 Å². The summed E-state index contributed by atoms with van der Waals surface area (Å²) in [5, 5.41) is 0.825. The number of amides is 1. The Morgan fingerprint density at radius 3 is 2.31 bits per heavy atom. The van der Waals surface area contributed by atoms with E-state index < -0.39 is 11.7 Å². The Labute approximate surface area is 186 Å². The van der Waals surface area contributed by atoms with Crippen molar-refractivity contribution >= 4 is 16.8 Å². The molecule has 0 unspecified atom stereocenters. The van der Waals surface area contributed by atoms with E-state index in [0.717, 1.165) is 59.3 Å². The Morgan fingerprint density at radius 2 is 1.66 bits per heavy atom. The van der Waals surface area contributed by atoms with Crippen LogP contribution >= 0.6 is 0 Å². The summed E-state index contributed by atoms with van der Waals surface area (Å²) in [6, 6.07) is 8.30. The minimum Gasteiger partial charge on any atom is -0.347 e. The highest BCUT2D eigenvalue weighted by Crippen LogP contribution is 2.35. The van der Waals surface area contributed by atoms with Crippen molar-refractivity contribution in [3.63, 3.8) is 0 Å². The number of hydrogen-bond acceptors (Lipinski definition) is 1. The van der Waals surface area contributed by atoms with Gasteiger partial charge in [-0.1, -0.05) is 6.07 Å². The zero-order valence-corrected chi connectivity index (χ0v) is 19.1. The van der Waals surface area contributed by atoms with Crippen molar-refractivity contribution in [2.75, 3.05) is 13.1 Å². The third kappa shape index (κ3) is 4.03. The Balaban J connectivity index is 1.73. The number of rotatable bonds is 3. The molecule has 2 aromatic carbocycles. The van der Waals surface area contributed by atoms with Gasteiger partial charge in [-0.3, -0.25) is 4.79 Å².